The molecule has 17 heteroatoms. The minimum Gasteiger partial charge on any atom is -0.464 e. The minimum absolute atomic E-state index is 0.000704. The number of esters is 1. The number of halogens is 4. The van der Waals surface area contributed by atoms with E-state index >= 15 is 0 Å². The van der Waals surface area contributed by atoms with Gasteiger partial charge in [-0.3, -0.25) is 19.5 Å². The maximum absolute atomic E-state index is 14.2. The van der Waals surface area contributed by atoms with Gasteiger partial charge in [-0.1, -0.05) is 41.4 Å². The van der Waals surface area contributed by atoms with Gasteiger partial charge in [0.25, 0.3) is 11.8 Å². The Bertz CT molecular complexity index is 1910. The quantitative estimate of drug-likeness (QED) is 0.273. The van der Waals surface area contributed by atoms with Crippen LogP contribution in [0.15, 0.2) is 65.8 Å². The van der Waals surface area contributed by atoms with Gasteiger partial charge in [0.05, 0.1) is 45.3 Å². The number of nitrogens with one attached hydrogen (secondary N) is 2. The lowest BCUT2D eigenvalue weighted by molar-refractivity contribution is -0.147. The molecule has 2 amide bonds. The summed E-state index contributed by atoms with van der Waals surface area (Å²) in [6, 6.07) is 10.2. The molecule has 5 rings (SSSR count). The molecule has 2 aliphatic heterocycles. The maximum Gasteiger partial charge on any atom is 0.328 e. The zero-order valence-corrected chi connectivity index (χ0v) is 28.9. The molecule has 3 atom stereocenters. The molecule has 2 fully saturated rings. The molecule has 1 aromatic heterocycles. The summed E-state index contributed by atoms with van der Waals surface area (Å²) in [5.74, 6) is -5.10. The second-order valence-electron chi connectivity index (χ2n) is 11.8. The van der Waals surface area contributed by atoms with Crippen LogP contribution in [-0.4, -0.2) is 90.7 Å². The molecule has 0 saturated carbocycles. The molecule has 2 unspecified atom stereocenters. The van der Waals surface area contributed by atoms with Gasteiger partial charge in [-0.25, -0.2) is 22.0 Å². The van der Waals surface area contributed by atoms with Crippen molar-refractivity contribution in [3.8, 4) is 6.07 Å². The van der Waals surface area contributed by atoms with E-state index < -0.39 is 64.8 Å². The molecular weight excluding hydrogens is 717 g/mol. The molecule has 2 N–H and O–H groups in total. The van der Waals surface area contributed by atoms with Gasteiger partial charge in [-0.15, -0.1) is 0 Å². The number of pyridine rings is 1. The largest absolute Gasteiger partial charge is 0.464 e. The Morgan fingerprint density at radius 2 is 1.84 bits per heavy atom. The van der Waals surface area contributed by atoms with Crippen molar-refractivity contribution in [2.75, 3.05) is 31.6 Å². The van der Waals surface area contributed by atoms with Gasteiger partial charge in [-0.05, 0) is 49.2 Å². The van der Waals surface area contributed by atoms with E-state index in [0.717, 1.165) is 4.31 Å². The third-order valence-electron chi connectivity index (χ3n) is 8.44. The molecule has 264 valence electrons. The number of sulfonamides is 1. The number of aromatic nitrogens is 1. The molecular formula is C33H32Cl2F2N6O6S. The average molecular weight is 750 g/mol. The van der Waals surface area contributed by atoms with Crippen LogP contribution in [0, 0.1) is 11.3 Å². The van der Waals surface area contributed by atoms with Crippen LogP contribution in [-0.2, 0) is 30.8 Å². The van der Waals surface area contributed by atoms with Gasteiger partial charge >= 0.3 is 5.97 Å². The van der Waals surface area contributed by atoms with Gasteiger partial charge < -0.3 is 15.4 Å². The molecule has 12 nitrogen and oxygen atoms in total. The van der Waals surface area contributed by atoms with Crippen LogP contribution in [0.3, 0.4) is 0 Å². The smallest absolute Gasteiger partial charge is 0.328 e. The lowest BCUT2D eigenvalue weighted by Gasteiger charge is -2.25. The number of anilines is 1. The molecule has 3 heterocycles. The van der Waals surface area contributed by atoms with E-state index in [0.29, 0.717) is 11.3 Å². The molecule has 2 aromatic carbocycles. The Kier molecular flexibility index (Phi) is 11.4. The summed E-state index contributed by atoms with van der Waals surface area (Å²) in [5, 5.41) is 14.8. The lowest BCUT2D eigenvalue weighted by Crippen LogP contribution is -2.51. The zero-order valence-electron chi connectivity index (χ0n) is 26.6. The Morgan fingerprint density at radius 3 is 2.46 bits per heavy atom. The number of benzene rings is 2. The fourth-order valence-corrected chi connectivity index (χ4v) is 8.19. The standard InChI is InChI=1S/C33H32Cl2F2N6O6S/c1-2-49-32(46)27(13-20-6-8-22(9-7-20)40-31(45)29-25(34)16-39-17-26(29)35)41-30(44)28-14-23(42-11-10-33(36,37)19-42)18-43(28)50(47,48)24-5-3-4-21(12-24)15-38/h3-9,12,16-17,23,27-28H,2,10-11,13-14,18-19H2,1H3,(H,40,45)(H,41,44)/t23-,27?,28?/m1/s1. The van der Waals surface area contributed by atoms with Gasteiger partial charge in [0.1, 0.15) is 12.1 Å². The highest BCUT2D eigenvalue weighted by Gasteiger charge is 2.50. The second kappa shape index (κ2) is 15.4. The summed E-state index contributed by atoms with van der Waals surface area (Å²) >= 11 is 12.2. The van der Waals surface area contributed by atoms with Crippen LogP contribution in [0.5, 0.6) is 0 Å². The molecule has 50 heavy (non-hydrogen) atoms. The number of hydrogen-bond acceptors (Lipinski definition) is 9. The first-order valence-electron chi connectivity index (χ1n) is 15.5. The number of carbonyl (C=O) groups is 3. The number of amides is 2. The third-order valence-corrected chi connectivity index (χ3v) is 10.9. The lowest BCUT2D eigenvalue weighted by atomic mass is 10.0. The zero-order chi connectivity index (χ0) is 36.2. The number of carbonyl (C=O) groups excluding carboxylic acids is 3. The monoisotopic (exact) mass is 748 g/mol. The predicted octanol–water partition coefficient (Wildman–Crippen LogP) is 4.28. The fraction of sp³-hybridized carbons (Fsp3) is 0.364. The van der Waals surface area contributed by atoms with Crippen LogP contribution in [0.1, 0.15) is 41.3 Å². The van der Waals surface area contributed by atoms with Gasteiger partial charge in [0, 0.05) is 50.1 Å². The van der Waals surface area contributed by atoms with E-state index in [9.17, 15) is 36.8 Å². The molecule has 0 radical (unpaired) electrons. The normalized spacial score (nSPS) is 19.8. The van der Waals surface area contributed by atoms with Crippen LogP contribution in [0.25, 0.3) is 0 Å². The number of likely N-dealkylation sites (tertiary alicyclic amines) is 1. The van der Waals surface area contributed by atoms with Gasteiger partial charge in [-0.2, -0.15) is 9.57 Å². The molecule has 0 aliphatic carbocycles. The van der Waals surface area contributed by atoms with E-state index in [1.54, 1.807) is 31.2 Å². The van der Waals surface area contributed by atoms with Crippen LogP contribution in [0.4, 0.5) is 14.5 Å². The number of nitriles is 1. The Labute approximate surface area is 297 Å². The minimum atomic E-state index is -4.39. The highest BCUT2D eigenvalue weighted by Crippen LogP contribution is 2.35. The third kappa shape index (κ3) is 8.39. The van der Waals surface area contributed by atoms with Gasteiger partial charge in [0.2, 0.25) is 15.9 Å². The van der Waals surface area contributed by atoms with Crippen molar-refractivity contribution in [2.24, 2.45) is 0 Å². The summed E-state index contributed by atoms with van der Waals surface area (Å²) in [6.07, 6.45) is 2.01. The number of rotatable bonds is 11. The predicted molar refractivity (Wildman–Crippen MR) is 179 cm³/mol. The fourth-order valence-electron chi connectivity index (χ4n) is 5.97. The highest BCUT2D eigenvalue weighted by molar-refractivity contribution is 7.89. The highest BCUT2D eigenvalue weighted by atomic mass is 35.5. The summed E-state index contributed by atoms with van der Waals surface area (Å²) in [6.45, 7) is 0.788. The van der Waals surface area contributed by atoms with Crippen LogP contribution < -0.4 is 10.6 Å². The van der Waals surface area contributed by atoms with Crippen LogP contribution in [0.2, 0.25) is 10.0 Å². The first-order valence-corrected chi connectivity index (χ1v) is 17.7. The van der Waals surface area contributed by atoms with Crippen molar-refractivity contribution < 1.29 is 36.3 Å². The van der Waals surface area contributed by atoms with Crippen LogP contribution >= 0.6 is 23.2 Å². The first-order chi connectivity index (χ1) is 23.7. The molecule has 3 aromatic rings. The van der Waals surface area contributed by atoms with Crippen molar-refractivity contribution in [1.29, 1.82) is 5.26 Å². The van der Waals surface area contributed by atoms with E-state index in [1.165, 1.54) is 41.6 Å². The van der Waals surface area contributed by atoms with Crippen molar-refractivity contribution in [3.05, 3.63) is 87.7 Å². The van der Waals surface area contributed by atoms with Crippen molar-refractivity contribution in [3.63, 3.8) is 0 Å². The summed E-state index contributed by atoms with van der Waals surface area (Å²) in [7, 11) is -4.39. The van der Waals surface area contributed by atoms with E-state index in [4.69, 9.17) is 27.9 Å². The van der Waals surface area contributed by atoms with Gasteiger partial charge in [0.15, 0.2) is 0 Å². The topological polar surface area (TPSA) is 162 Å². The van der Waals surface area contributed by atoms with E-state index in [1.807, 2.05) is 6.07 Å². The van der Waals surface area contributed by atoms with E-state index in [2.05, 4.69) is 15.6 Å². The maximum atomic E-state index is 14.2. The molecule has 2 aliphatic rings. The first kappa shape index (κ1) is 37.1. The van der Waals surface area contributed by atoms with Crippen molar-refractivity contribution in [1.82, 2.24) is 19.5 Å². The molecule has 2 saturated heterocycles. The number of nitrogens with zero attached hydrogens (tertiary/aromatic N) is 4. The number of alkyl halides is 2. The second-order valence-corrected chi connectivity index (χ2v) is 14.5. The Hall–Kier alpha value is -4.20. The average Bonchev–Trinajstić information content (AvgIpc) is 3.69. The summed E-state index contributed by atoms with van der Waals surface area (Å²) < 4.78 is 62.2. The Balaban J connectivity index is 1.36. The van der Waals surface area contributed by atoms with E-state index in [-0.39, 0.29) is 58.6 Å². The molecule has 0 spiro atoms. The van der Waals surface area contributed by atoms with Crippen molar-refractivity contribution >= 4 is 56.7 Å². The Morgan fingerprint density at radius 1 is 1.14 bits per heavy atom. The van der Waals surface area contributed by atoms with Crippen molar-refractivity contribution in [2.45, 2.75) is 55.1 Å². The number of ether oxygens (including phenoxy) is 1. The summed E-state index contributed by atoms with van der Waals surface area (Å²) in [4.78, 5) is 44.8. The SMILES string of the molecule is CCOC(=O)C(Cc1ccc(NC(=O)c2c(Cl)cncc2Cl)cc1)NC(=O)C1C[C@@H](N2CCC(F)(F)C2)CN1S(=O)(=O)c1cccc(C#N)c1. The molecule has 0 bridgehead atoms. The summed E-state index contributed by atoms with van der Waals surface area (Å²) in [5.41, 5.74) is 1.06. The number of hydrogen-bond donors (Lipinski definition) is 2.